The molecule has 49 heavy (non-hydrogen) atoms. The van der Waals surface area contributed by atoms with Crippen LogP contribution in [0.1, 0.15) is 20.3 Å². The first kappa shape index (κ1) is 30.8. The molecule has 0 bridgehead atoms. The van der Waals surface area contributed by atoms with Crippen molar-refractivity contribution in [2.75, 3.05) is 6.26 Å². The van der Waals surface area contributed by atoms with E-state index in [1.807, 2.05) is 6.07 Å². The molecule has 0 radical (unpaired) electrons. The van der Waals surface area contributed by atoms with Crippen LogP contribution in [-0.2, 0) is 0 Å². The summed E-state index contributed by atoms with van der Waals surface area (Å²) >= 11 is 3.53. The minimum Gasteiger partial charge on any atom is -0.456 e. The molecule has 10 aromatic rings. The van der Waals surface area contributed by atoms with Crippen molar-refractivity contribution in [3.8, 4) is 16.8 Å². The summed E-state index contributed by atoms with van der Waals surface area (Å²) < 4.78 is 8.74. The van der Waals surface area contributed by atoms with Gasteiger partial charge in [0.1, 0.15) is 11.2 Å². The van der Waals surface area contributed by atoms with E-state index in [-0.39, 0.29) is 0 Å². The zero-order chi connectivity index (χ0) is 33.5. The topological polar surface area (TPSA) is 18.1 Å². The first-order valence-electron chi connectivity index (χ1n) is 17.0. The zero-order valence-electron chi connectivity index (χ0n) is 27.9. The third kappa shape index (κ3) is 4.96. The van der Waals surface area contributed by atoms with Crippen molar-refractivity contribution in [1.82, 2.24) is 4.57 Å². The standard InChI is InChI=1S/C42H25NO.C3H8.CH4S/c1-2-10-28(11-3-1)43-38-22-19-27(25-37(38)34-21-23-40-41(42(34)43)35-16-8-9-17-39(35)44-40)26-18-20-33-31-14-5-4-12-29(31)30-13-6-7-15-32(30)36(33)24-26;1-3-2;1-2/h1-25H;3H2,1-2H3;2H,1H3. The SMILES string of the molecule is CCC.CS.c1ccc(-n2c3ccc(-c4ccc5c6ccccc6c6ccccc6c5c4)cc3c3ccc4oc5ccccc5c4c32)cc1. The van der Waals surface area contributed by atoms with Gasteiger partial charge in [0.2, 0.25) is 0 Å². The average molecular weight is 652 g/mol. The fraction of sp³-hybridized carbons (Fsp3) is 0.0870. The highest BCUT2D eigenvalue weighted by molar-refractivity contribution is 7.79. The molecular weight excluding hydrogens is 615 g/mol. The highest BCUT2D eigenvalue weighted by Gasteiger charge is 2.19. The van der Waals surface area contributed by atoms with Crippen LogP contribution in [0.3, 0.4) is 0 Å². The van der Waals surface area contributed by atoms with Gasteiger partial charge in [-0.1, -0.05) is 123 Å². The Labute approximate surface area is 291 Å². The smallest absolute Gasteiger partial charge is 0.137 e. The van der Waals surface area contributed by atoms with Crippen LogP contribution in [0.25, 0.3) is 92.9 Å². The fourth-order valence-electron chi connectivity index (χ4n) is 7.43. The van der Waals surface area contributed by atoms with Crippen LogP contribution in [0.2, 0.25) is 0 Å². The van der Waals surface area contributed by atoms with Gasteiger partial charge in [-0.05, 0) is 98.2 Å². The molecule has 0 atom stereocenters. The molecule has 0 fully saturated rings. The predicted octanol–water partition coefficient (Wildman–Crippen LogP) is 13.8. The maximum Gasteiger partial charge on any atom is 0.137 e. The van der Waals surface area contributed by atoms with E-state index in [2.05, 4.69) is 177 Å². The van der Waals surface area contributed by atoms with Crippen molar-refractivity contribution < 1.29 is 4.42 Å². The summed E-state index contributed by atoms with van der Waals surface area (Å²) in [6.07, 6.45) is 2.94. The van der Waals surface area contributed by atoms with E-state index >= 15 is 0 Å². The Kier molecular flexibility index (Phi) is 8.07. The van der Waals surface area contributed by atoms with E-state index in [4.69, 9.17) is 4.42 Å². The Morgan fingerprint density at radius 3 is 1.59 bits per heavy atom. The Morgan fingerprint density at radius 2 is 0.939 bits per heavy atom. The van der Waals surface area contributed by atoms with Crippen LogP contribution in [0.15, 0.2) is 156 Å². The van der Waals surface area contributed by atoms with Crippen LogP contribution in [0, 0.1) is 0 Å². The molecule has 0 aliphatic heterocycles. The largest absolute Gasteiger partial charge is 0.456 e. The van der Waals surface area contributed by atoms with Crippen molar-refractivity contribution in [3.05, 3.63) is 152 Å². The third-order valence-electron chi connectivity index (χ3n) is 9.36. The molecule has 8 aromatic carbocycles. The van der Waals surface area contributed by atoms with Crippen molar-refractivity contribution in [3.63, 3.8) is 0 Å². The maximum atomic E-state index is 6.33. The number of rotatable bonds is 2. The van der Waals surface area contributed by atoms with Crippen LogP contribution < -0.4 is 0 Å². The molecule has 0 spiro atoms. The van der Waals surface area contributed by atoms with Gasteiger partial charge >= 0.3 is 0 Å². The molecule has 0 N–H and O–H groups in total. The maximum absolute atomic E-state index is 6.33. The van der Waals surface area contributed by atoms with Gasteiger partial charge in [-0.2, -0.15) is 12.6 Å². The summed E-state index contributed by atoms with van der Waals surface area (Å²) in [7, 11) is 0. The molecule has 0 aliphatic carbocycles. The molecule has 0 unspecified atom stereocenters. The molecule has 2 heterocycles. The lowest BCUT2D eigenvalue weighted by molar-refractivity contribution is 0.669. The number of furan rings is 1. The number of hydrogen-bond acceptors (Lipinski definition) is 2. The Hall–Kier alpha value is -5.51. The first-order valence-corrected chi connectivity index (χ1v) is 17.9. The quantitative estimate of drug-likeness (QED) is 0.145. The summed E-state index contributed by atoms with van der Waals surface area (Å²) in [5.41, 5.74) is 7.76. The van der Waals surface area contributed by atoms with Gasteiger partial charge in [-0.15, -0.1) is 0 Å². The number of thiol groups is 1. The molecule has 2 aromatic heterocycles. The van der Waals surface area contributed by atoms with E-state index in [9.17, 15) is 0 Å². The van der Waals surface area contributed by atoms with Gasteiger partial charge in [0.05, 0.1) is 16.4 Å². The van der Waals surface area contributed by atoms with Gasteiger partial charge < -0.3 is 8.98 Å². The van der Waals surface area contributed by atoms with E-state index in [1.54, 1.807) is 6.26 Å². The summed E-state index contributed by atoms with van der Waals surface area (Å²) in [4.78, 5) is 0. The first-order chi connectivity index (χ1) is 24.2. The predicted molar refractivity (Wildman–Crippen MR) is 217 cm³/mol. The summed E-state index contributed by atoms with van der Waals surface area (Å²) in [5.74, 6) is 0. The molecule has 0 amide bonds. The van der Waals surface area contributed by atoms with Crippen molar-refractivity contribution >= 4 is 88.7 Å². The second-order valence-electron chi connectivity index (χ2n) is 12.4. The number of aromatic nitrogens is 1. The van der Waals surface area contributed by atoms with Crippen molar-refractivity contribution in [2.24, 2.45) is 0 Å². The molecule has 0 aliphatic rings. The molecule has 0 saturated carbocycles. The molecule has 238 valence electrons. The summed E-state index contributed by atoms with van der Waals surface area (Å²) in [6.45, 7) is 4.25. The van der Waals surface area contributed by atoms with Gasteiger partial charge in [0, 0.05) is 21.8 Å². The minimum absolute atomic E-state index is 0.910. The van der Waals surface area contributed by atoms with Gasteiger partial charge in [-0.3, -0.25) is 0 Å². The van der Waals surface area contributed by atoms with Crippen molar-refractivity contribution in [2.45, 2.75) is 20.3 Å². The number of para-hydroxylation sites is 2. The summed E-state index contributed by atoms with van der Waals surface area (Å²) in [5, 5.41) is 12.5. The Morgan fingerprint density at radius 1 is 0.449 bits per heavy atom. The lowest BCUT2D eigenvalue weighted by Gasteiger charge is -2.12. The van der Waals surface area contributed by atoms with Crippen LogP contribution >= 0.6 is 12.6 Å². The minimum atomic E-state index is 0.910. The summed E-state index contributed by atoms with van der Waals surface area (Å²) in [6, 6.07) is 54.8. The molecule has 3 heteroatoms. The third-order valence-corrected chi connectivity index (χ3v) is 9.36. The molecule has 10 rings (SSSR count). The molecule has 0 saturated heterocycles. The van der Waals surface area contributed by atoms with E-state index in [1.165, 1.54) is 71.7 Å². The van der Waals surface area contributed by atoms with E-state index < -0.39 is 0 Å². The Balaban J connectivity index is 0.000000664. The van der Waals surface area contributed by atoms with Crippen LogP contribution in [-0.4, -0.2) is 10.8 Å². The fourth-order valence-corrected chi connectivity index (χ4v) is 7.43. The average Bonchev–Trinajstić information content (AvgIpc) is 3.71. The highest BCUT2D eigenvalue weighted by Crippen LogP contribution is 2.43. The zero-order valence-corrected chi connectivity index (χ0v) is 28.8. The lowest BCUT2D eigenvalue weighted by atomic mass is 9.92. The van der Waals surface area contributed by atoms with Gasteiger partial charge in [-0.25, -0.2) is 0 Å². The Bertz CT molecular complexity index is 2750. The second-order valence-corrected chi connectivity index (χ2v) is 12.4. The number of hydrogen-bond donors (Lipinski definition) is 1. The van der Waals surface area contributed by atoms with Gasteiger partial charge in [0.15, 0.2) is 0 Å². The lowest BCUT2D eigenvalue weighted by Crippen LogP contribution is -1.93. The molecule has 2 nitrogen and oxygen atoms in total. The number of benzene rings is 8. The molecular formula is C46H37NOS. The van der Waals surface area contributed by atoms with E-state index in [0.29, 0.717) is 0 Å². The number of nitrogens with zero attached hydrogens (tertiary/aromatic N) is 1. The highest BCUT2D eigenvalue weighted by atomic mass is 32.1. The van der Waals surface area contributed by atoms with Crippen LogP contribution in [0.4, 0.5) is 0 Å². The monoisotopic (exact) mass is 651 g/mol. The van der Waals surface area contributed by atoms with Gasteiger partial charge in [0.25, 0.3) is 0 Å². The normalized spacial score (nSPS) is 11.3. The van der Waals surface area contributed by atoms with Crippen LogP contribution in [0.5, 0.6) is 0 Å². The number of fused-ring (bicyclic) bond motifs is 13. The second kappa shape index (κ2) is 12.8. The van der Waals surface area contributed by atoms with E-state index in [0.717, 1.165) is 27.6 Å². The van der Waals surface area contributed by atoms with Crippen molar-refractivity contribution in [1.29, 1.82) is 0 Å².